The summed E-state index contributed by atoms with van der Waals surface area (Å²) in [5, 5.41) is 6.23. The number of thiazole rings is 1. The van der Waals surface area contributed by atoms with E-state index < -0.39 is 21.5 Å². The van der Waals surface area contributed by atoms with E-state index in [0.29, 0.717) is 10.7 Å². The molecular weight excluding hydrogens is 456 g/mol. The highest BCUT2D eigenvalue weighted by Crippen LogP contribution is 2.34. The number of carbonyl (C=O) groups excluding carboxylic acids is 1. The summed E-state index contributed by atoms with van der Waals surface area (Å²) in [7, 11) is -3.76. The molecule has 0 unspecified atom stereocenters. The lowest BCUT2D eigenvalue weighted by atomic mass is 10.1. The zero-order chi connectivity index (χ0) is 24.0. The maximum absolute atomic E-state index is 13.0. The van der Waals surface area contributed by atoms with Gasteiger partial charge in [0.25, 0.3) is 5.91 Å². The summed E-state index contributed by atoms with van der Waals surface area (Å²) in [4.78, 5) is 21.0. The van der Waals surface area contributed by atoms with Crippen LogP contribution in [0.25, 0.3) is 22.2 Å². The van der Waals surface area contributed by atoms with Crippen LogP contribution in [0.4, 0.5) is 5.13 Å². The van der Waals surface area contributed by atoms with Crippen LogP contribution in [0, 0.1) is 13.8 Å². The molecule has 0 fully saturated rings. The highest BCUT2D eigenvalue weighted by molar-refractivity contribution is 7.89. The number of rotatable bonds is 5. The Hall–Kier alpha value is -3.01. The molecule has 3 N–H and O–H groups in total. The number of fused-ring (bicyclic) bond motifs is 1. The normalized spacial score (nSPS) is 12.3. The number of nitrogens with one attached hydrogen (secondary N) is 3. The lowest BCUT2D eigenvalue weighted by Gasteiger charge is -2.20. The molecule has 9 heteroatoms. The van der Waals surface area contributed by atoms with Crippen molar-refractivity contribution in [2.75, 3.05) is 5.32 Å². The maximum atomic E-state index is 13.0. The molecule has 2 aromatic carbocycles. The van der Waals surface area contributed by atoms with Crippen LogP contribution < -0.4 is 10.0 Å². The van der Waals surface area contributed by atoms with Crippen molar-refractivity contribution in [3.63, 3.8) is 0 Å². The first-order chi connectivity index (χ1) is 15.4. The number of aryl methyl sites for hydroxylation is 2. The van der Waals surface area contributed by atoms with Crippen LogP contribution >= 0.6 is 11.3 Å². The van der Waals surface area contributed by atoms with Gasteiger partial charge in [0.1, 0.15) is 0 Å². The van der Waals surface area contributed by atoms with Crippen LogP contribution in [-0.2, 0) is 10.0 Å². The summed E-state index contributed by atoms with van der Waals surface area (Å²) < 4.78 is 28.0. The van der Waals surface area contributed by atoms with Crippen molar-refractivity contribution < 1.29 is 13.2 Å². The van der Waals surface area contributed by atoms with Crippen molar-refractivity contribution in [2.24, 2.45) is 0 Å². The maximum Gasteiger partial charge on any atom is 0.257 e. The Balaban J connectivity index is 1.61. The summed E-state index contributed by atoms with van der Waals surface area (Å²) in [6.45, 7) is 9.06. The van der Waals surface area contributed by atoms with Crippen molar-refractivity contribution >= 4 is 43.3 Å². The largest absolute Gasteiger partial charge is 0.358 e. The Morgan fingerprint density at radius 2 is 1.82 bits per heavy atom. The predicted octanol–water partition coefficient (Wildman–Crippen LogP) is 5.24. The molecule has 0 aliphatic rings. The fourth-order valence-electron chi connectivity index (χ4n) is 3.69. The molecule has 0 radical (unpaired) electrons. The average Bonchev–Trinajstić information content (AvgIpc) is 3.28. The topological polar surface area (TPSA) is 104 Å². The van der Waals surface area contributed by atoms with Gasteiger partial charge in [0, 0.05) is 38.6 Å². The van der Waals surface area contributed by atoms with Crippen molar-refractivity contribution in [3.8, 4) is 11.3 Å². The van der Waals surface area contributed by atoms with Gasteiger partial charge in [-0.2, -0.15) is 0 Å². The van der Waals surface area contributed by atoms with Crippen molar-refractivity contribution in [2.45, 2.75) is 45.1 Å². The number of aromatic amines is 1. The first kappa shape index (κ1) is 23.2. The third kappa shape index (κ3) is 4.85. The number of hydrogen-bond donors (Lipinski definition) is 3. The first-order valence-electron chi connectivity index (χ1n) is 10.4. The summed E-state index contributed by atoms with van der Waals surface area (Å²) in [6.07, 6.45) is 0. The Bertz CT molecular complexity index is 1460. The van der Waals surface area contributed by atoms with E-state index in [2.05, 4.69) is 20.0 Å². The molecule has 0 saturated carbocycles. The zero-order valence-electron chi connectivity index (χ0n) is 19.1. The highest BCUT2D eigenvalue weighted by Gasteiger charge is 2.24. The molecule has 0 atom stereocenters. The molecule has 33 heavy (non-hydrogen) atoms. The fourth-order valence-corrected chi connectivity index (χ4v) is 5.83. The number of hydrogen-bond acceptors (Lipinski definition) is 5. The molecule has 0 aliphatic heterocycles. The van der Waals surface area contributed by atoms with Crippen LogP contribution in [-0.4, -0.2) is 29.8 Å². The molecule has 2 heterocycles. The molecule has 172 valence electrons. The van der Waals surface area contributed by atoms with Gasteiger partial charge in [0.2, 0.25) is 10.0 Å². The predicted molar refractivity (Wildman–Crippen MR) is 133 cm³/mol. The third-order valence-electron chi connectivity index (χ3n) is 5.08. The van der Waals surface area contributed by atoms with E-state index in [1.807, 2.05) is 36.6 Å². The molecule has 7 nitrogen and oxygen atoms in total. The lowest BCUT2D eigenvalue weighted by molar-refractivity contribution is 0.102. The monoisotopic (exact) mass is 482 g/mol. The van der Waals surface area contributed by atoms with Gasteiger partial charge >= 0.3 is 0 Å². The van der Waals surface area contributed by atoms with E-state index in [9.17, 15) is 13.2 Å². The van der Waals surface area contributed by atoms with E-state index >= 15 is 0 Å². The quantitative estimate of drug-likeness (QED) is 0.362. The van der Waals surface area contributed by atoms with Gasteiger partial charge < -0.3 is 4.98 Å². The SMILES string of the molecule is Cc1ccc(S(=O)(=O)NC(C)(C)C)cc1C(=O)Nc1nc(-c2c(C)[nH]c3ccccc23)cs1. The fraction of sp³-hybridized carbons (Fsp3) is 0.250. The Morgan fingerprint density at radius 1 is 1.09 bits per heavy atom. The number of para-hydroxylation sites is 1. The van der Waals surface area contributed by atoms with Gasteiger partial charge in [-0.1, -0.05) is 24.3 Å². The number of anilines is 1. The number of benzene rings is 2. The second-order valence-electron chi connectivity index (χ2n) is 8.99. The van der Waals surface area contributed by atoms with Crippen LogP contribution in [0.5, 0.6) is 0 Å². The zero-order valence-corrected chi connectivity index (χ0v) is 20.7. The van der Waals surface area contributed by atoms with Gasteiger partial charge in [0.05, 0.1) is 10.6 Å². The summed E-state index contributed by atoms with van der Waals surface area (Å²) in [5.41, 5.74) is 4.12. The third-order valence-corrected chi connectivity index (χ3v) is 7.59. The standard InChI is InChI=1S/C24H26N4O3S2/c1-14-10-11-16(33(30,31)28-24(3,4)5)12-18(14)22(29)27-23-26-20(13-32-23)21-15(2)25-19-9-7-6-8-17(19)21/h6-13,25,28H,1-5H3,(H,26,27,29). The minimum Gasteiger partial charge on any atom is -0.358 e. The number of sulfonamides is 1. The molecular formula is C24H26N4O3S2. The Labute approximate surface area is 197 Å². The van der Waals surface area contributed by atoms with Crippen LogP contribution in [0.3, 0.4) is 0 Å². The number of carbonyl (C=O) groups is 1. The number of nitrogens with zero attached hydrogens (tertiary/aromatic N) is 1. The second-order valence-corrected chi connectivity index (χ2v) is 11.5. The number of amides is 1. The van der Waals surface area contributed by atoms with E-state index in [1.165, 1.54) is 23.5 Å². The molecule has 0 aliphatic carbocycles. The summed E-state index contributed by atoms with van der Waals surface area (Å²) >= 11 is 1.32. The molecule has 0 spiro atoms. The molecule has 4 aromatic rings. The summed E-state index contributed by atoms with van der Waals surface area (Å²) in [5.74, 6) is -0.406. The summed E-state index contributed by atoms with van der Waals surface area (Å²) in [6, 6.07) is 12.5. The number of aromatic nitrogens is 2. The van der Waals surface area contributed by atoms with Crippen LogP contribution in [0.2, 0.25) is 0 Å². The van der Waals surface area contributed by atoms with Crippen LogP contribution in [0.1, 0.15) is 42.4 Å². The Morgan fingerprint density at radius 3 is 2.55 bits per heavy atom. The van der Waals surface area contributed by atoms with Crippen molar-refractivity contribution in [3.05, 3.63) is 64.7 Å². The highest BCUT2D eigenvalue weighted by atomic mass is 32.2. The lowest BCUT2D eigenvalue weighted by Crippen LogP contribution is -2.40. The second kappa shape index (κ2) is 8.40. The van der Waals surface area contributed by atoms with Crippen molar-refractivity contribution in [1.29, 1.82) is 0 Å². The van der Waals surface area contributed by atoms with E-state index in [1.54, 1.807) is 33.8 Å². The smallest absolute Gasteiger partial charge is 0.257 e. The minimum absolute atomic E-state index is 0.0439. The first-order valence-corrected chi connectivity index (χ1v) is 12.8. The Kier molecular flexibility index (Phi) is 5.90. The van der Waals surface area contributed by atoms with Crippen molar-refractivity contribution in [1.82, 2.24) is 14.7 Å². The van der Waals surface area contributed by atoms with Crippen LogP contribution in [0.15, 0.2) is 52.7 Å². The minimum atomic E-state index is -3.76. The van der Waals surface area contributed by atoms with E-state index in [4.69, 9.17) is 0 Å². The van der Waals surface area contributed by atoms with E-state index in [-0.39, 0.29) is 10.5 Å². The molecule has 0 bridgehead atoms. The molecule has 4 rings (SSSR count). The molecule has 1 amide bonds. The molecule has 0 saturated heterocycles. The van der Waals surface area contributed by atoms with Gasteiger partial charge in [-0.25, -0.2) is 18.1 Å². The number of H-pyrrole nitrogens is 1. The van der Waals surface area contributed by atoms with E-state index in [0.717, 1.165) is 27.9 Å². The van der Waals surface area contributed by atoms with Gasteiger partial charge in [-0.3, -0.25) is 10.1 Å². The molecule has 2 aromatic heterocycles. The van der Waals surface area contributed by atoms with Gasteiger partial charge in [0.15, 0.2) is 5.13 Å². The average molecular weight is 483 g/mol. The van der Waals surface area contributed by atoms with Gasteiger partial charge in [-0.05, 0) is 58.4 Å². The van der Waals surface area contributed by atoms with Gasteiger partial charge in [-0.15, -0.1) is 11.3 Å².